The first kappa shape index (κ1) is 11.3. The Kier molecular flexibility index (Phi) is 2.58. The number of fused-ring (bicyclic) bond motifs is 1. The molecule has 3 nitrogen and oxygen atoms in total. The van der Waals surface area contributed by atoms with Crippen LogP contribution in [0.15, 0.2) is 0 Å². The fourth-order valence-corrected chi connectivity index (χ4v) is 2.41. The number of rotatable bonds is 0. The van der Waals surface area contributed by atoms with E-state index in [2.05, 4.69) is 6.92 Å². The lowest BCUT2D eigenvalue weighted by atomic mass is 9.83. The van der Waals surface area contributed by atoms with E-state index in [0.717, 1.165) is 22.3 Å². The summed E-state index contributed by atoms with van der Waals surface area (Å²) in [5.41, 5.74) is 3.70. The zero-order chi connectivity index (χ0) is 12.0. The molecule has 2 atom stereocenters. The van der Waals surface area contributed by atoms with E-state index in [9.17, 15) is 10.2 Å². The summed E-state index contributed by atoms with van der Waals surface area (Å²) in [6, 6.07) is 0. The van der Waals surface area contributed by atoms with Crippen LogP contribution < -0.4 is 0 Å². The quantitative estimate of drug-likeness (QED) is 0.663. The molecule has 0 aliphatic carbocycles. The van der Waals surface area contributed by atoms with E-state index in [1.54, 1.807) is 0 Å². The summed E-state index contributed by atoms with van der Waals surface area (Å²) in [7, 11) is 0. The van der Waals surface area contributed by atoms with Crippen molar-refractivity contribution >= 4 is 0 Å². The van der Waals surface area contributed by atoms with Gasteiger partial charge in [-0.15, -0.1) is 0 Å². The standard InChI is InChI=1S/C13H18O3/c1-6-7(2)12(14)13(15)10-5-16-9(4)8(3)11(6)10/h8-9,14-15H,5H2,1-4H3/t8-,9+/m1/s1. The monoisotopic (exact) mass is 222 g/mol. The maximum absolute atomic E-state index is 9.92. The van der Waals surface area contributed by atoms with Gasteiger partial charge in [-0.1, -0.05) is 6.92 Å². The Morgan fingerprint density at radius 1 is 1.06 bits per heavy atom. The van der Waals surface area contributed by atoms with Crippen molar-refractivity contribution in [1.82, 2.24) is 0 Å². The van der Waals surface area contributed by atoms with Crippen LogP contribution in [0.4, 0.5) is 0 Å². The molecule has 88 valence electrons. The van der Waals surface area contributed by atoms with E-state index in [1.807, 2.05) is 20.8 Å². The summed E-state index contributed by atoms with van der Waals surface area (Å²) >= 11 is 0. The van der Waals surface area contributed by atoms with Crippen molar-refractivity contribution in [2.45, 2.75) is 46.3 Å². The topological polar surface area (TPSA) is 49.7 Å². The molecule has 0 amide bonds. The van der Waals surface area contributed by atoms with Gasteiger partial charge < -0.3 is 14.9 Å². The molecule has 0 unspecified atom stereocenters. The molecular formula is C13H18O3. The van der Waals surface area contributed by atoms with Gasteiger partial charge in [-0.3, -0.25) is 0 Å². The molecule has 1 aliphatic heterocycles. The van der Waals surface area contributed by atoms with Gasteiger partial charge in [0.05, 0.1) is 12.7 Å². The van der Waals surface area contributed by atoms with Crippen LogP contribution in [0, 0.1) is 13.8 Å². The van der Waals surface area contributed by atoms with Crippen molar-refractivity contribution in [2.75, 3.05) is 0 Å². The molecule has 16 heavy (non-hydrogen) atoms. The molecule has 2 rings (SSSR count). The Morgan fingerprint density at radius 3 is 2.31 bits per heavy atom. The van der Waals surface area contributed by atoms with E-state index >= 15 is 0 Å². The second-order valence-corrected chi connectivity index (χ2v) is 4.64. The van der Waals surface area contributed by atoms with Crippen molar-refractivity contribution in [3.8, 4) is 11.5 Å². The van der Waals surface area contributed by atoms with Gasteiger partial charge >= 0.3 is 0 Å². The van der Waals surface area contributed by atoms with Crippen molar-refractivity contribution in [2.24, 2.45) is 0 Å². The van der Waals surface area contributed by atoms with E-state index in [-0.39, 0.29) is 23.5 Å². The minimum absolute atomic E-state index is 0.0124. The maximum atomic E-state index is 9.92. The highest BCUT2D eigenvalue weighted by atomic mass is 16.5. The number of hydrogen-bond acceptors (Lipinski definition) is 3. The van der Waals surface area contributed by atoms with Crippen LogP contribution in [0.3, 0.4) is 0 Å². The Balaban J connectivity index is 2.72. The second-order valence-electron chi connectivity index (χ2n) is 4.64. The number of aromatic hydroxyl groups is 2. The lowest BCUT2D eigenvalue weighted by Gasteiger charge is -2.32. The molecule has 0 saturated carbocycles. The zero-order valence-electron chi connectivity index (χ0n) is 10.2. The summed E-state index contributed by atoms with van der Waals surface area (Å²) < 4.78 is 5.58. The summed E-state index contributed by atoms with van der Waals surface area (Å²) in [5.74, 6) is 0.215. The zero-order valence-corrected chi connectivity index (χ0v) is 10.2. The predicted molar refractivity (Wildman–Crippen MR) is 61.9 cm³/mol. The molecule has 0 spiro atoms. The van der Waals surface area contributed by atoms with Gasteiger partial charge in [-0.05, 0) is 37.5 Å². The van der Waals surface area contributed by atoms with E-state index in [4.69, 9.17) is 4.74 Å². The third-order valence-electron chi connectivity index (χ3n) is 3.81. The summed E-state index contributed by atoms with van der Waals surface area (Å²) in [4.78, 5) is 0. The minimum atomic E-state index is -0.0168. The van der Waals surface area contributed by atoms with Crippen LogP contribution >= 0.6 is 0 Å². The molecule has 1 aromatic carbocycles. The molecule has 0 saturated heterocycles. The Labute approximate surface area is 95.7 Å². The van der Waals surface area contributed by atoms with Gasteiger partial charge in [0, 0.05) is 11.5 Å². The van der Waals surface area contributed by atoms with Gasteiger partial charge in [0.15, 0.2) is 11.5 Å². The van der Waals surface area contributed by atoms with E-state index in [1.165, 1.54) is 0 Å². The Hall–Kier alpha value is -1.22. The molecule has 2 N–H and O–H groups in total. The number of hydrogen-bond donors (Lipinski definition) is 2. The van der Waals surface area contributed by atoms with Crippen LogP contribution in [0.1, 0.15) is 42.0 Å². The third kappa shape index (κ3) is 1.39. The number of ether oxygens (including phenoxy) is 1. The Bertz CT molecular complexity index is 438. The van der Waals surface area contributed by atoms with Crippen molar-refractivity contribution in [3.05, 3.63) is 22.3 Å². The normalized spacial score (nSPS) is 24.2. The molecule has 1 aromatic rings. The predicted octanol–water partition coefficient (Wildman–Crippen LogP) is 2.74. The largest absolute Gasteiger partial charge is 0.504 e. The van der Waals surface area contributed by atoms with Crippen molar-refractivity contribution in [3.63, 3.8) is 0 Å². The lowest BCUT2D eigenvalue weighted by Crippen LogP contribution is -2.24. The molecule has 0 radical (unpaired) electrons. The summed E-state index contributed by atoms with van der Waals surface area (Å²) in [6.45, 7) is 8.32. The van der Waals surface area contributed by atoms with Gasteiger partial charge in [0.25, 0.3) is 0 Å². The molecular weight excluding hydrogens is 204 g/mol. The van der Waals surface area contributed by atoms with Crippen LogP contribution in [0.2, 0.25) is 0 Å². The SMILES string of the molecule is Cc1c(C)c2c(c(O)c1O)CO[C@@H](C)[C@H]2C. The second kappa shape index (κ2) is 3.67. The van der Waals surface area contributed by atoms with Crippen LogP contribution in [0.25, 0.3) is 0 Å². The number of phenolic OH excluding ortho intramolecular Hbond substituents is 2. The van der Waals surface area contributed by atoms with Crippen LogP contribution in [0.5, 0.6) is 11.5 Å². The van der Waals surface area contributed by atoms with Crippen molar-refractivity contribution < 1.29 is 14.9 Å². The number of benzene rings is 1. The third-order valence-corrected chi connectivity index (χ3v) is 3.81. The van der Waals surface area contributed by atoms with Crippen LogP contribution in [-0.2, 0) is 11.3 Å². The fraction of sp³-hybridized carbons (Fsp3) is 0.538. The average molecular weight is 222 g/mol. The lowest BCUT2D eigenvalue weighted by molar-refractivity contribution is 0.0224. The van der Waals surface area contributed by atoms with Gasteiger partial charge in [-0.2, -0.15) is 0 Å². The smallest absolute Gasteiger partial charge is 0.163 e. The molecule has 0 bridgehead atoms. The minimum Gasteiger partial charge on any atom is -0.504 e. The van der Waals surface area contributed by atoms with E-state index in [0.29, 0.717) is 6.61 Å². The highest BCUT2D eigenvalue weighted by Gasteiger charge is 2.30. The highest BCUT2D eigenvalue weighted by Crippen LogP contribution is 2.44. The summed E-state index contributed by atoms with van der Waals surface area (Å²) in [5, 5.41) is 19.7. The Morgan fingerprint density at radius 2 is 1.69 bits per heavy atom. The summed E-state index contributed by atoms with van der Waals surface area (Å²) in [6.07, 6.45) is 0.148. The first-order chi connectivity index (χ1) is 7.45. The highest BCUT2D eigenvalue weighted by molar-refractivity contribution is 5.59. The van der Waals surface area contributed by atoms with Crippen molar-refractivity contribution in [1.29, 1.82) is 0 Å². The maximum Gasteiger partial charge on any atom is 0.163 e. The van der Waals surface area contributed by atoms with Gasteiger partial charge in [0.2, 0.25) is 0 Å². The fourth-order valence-electron chi connectivity index (χ4n) is 2.41. The molecule has 3 heteroatoms. The first-order valence-corrected chi connectivity index (χ1v) is 5.60. The molecule has 0 aromatic heterocycles. The molecule has 1 aliphatic rings. The number of phenols is 2. The van der Waals surface area contributed by atoms with E-state index < -0.39 is 0 Å². The molecule has 0 fully saturated rings. The first-order valence-electron chi connectivity index (χ1n) is 5.60. The average Bonchev–Trinajstić information content (AvgIpc) is 2.27. The van der Waals surface area contributed by atoms with Gasteiger partial charge in [-0.25, -0.2) is 0 Å². The molecule has 1 heterocycles. The van der Waals surface area contributed by atoms with Crippen LogP contribution in [-0.4, -0.2) is 16.3 Å². The van der Waals surface area contributed by atoms with Gasteiger partial charge in [0.1, 0.15) is 0 Å².